The van der Waals surface area contributed by atoms with Crippen LogP contribution in [-0.2, 0) is 6.54 Å². The minimum Gasteiger partial charge on any atom is -0.309 e. The van der Waals surface area contributed by atoms with Crippen molar-refractivity contribution in [1.29, 1.82) is 0 Å². The van der Waals surface area contributed by atoms with E-state index in [0.717, 1.165) is 12.1 Å². The molecule has 1 fully saturated rings. The smallest absolute Gasteiger partial charge is 0.137 e. The summed E-state index contributed by atoms with van der Waals surface area (Å²) >= 11 is 3.29. The quantitative estimate of drug-likeness (QED) is 0.898. The second-order valence-corrected chi connectivity index (χ2v) is 5.80. The highest BCUT2D eigenvalue weighted by atomic mass is 79.9. The van der Waals surface area contributed by atoms with Crippen molar-refractivity contribution < 1.29 is 4.39 Å². The van der Waals surface area contributed by atoms with Crippen molar-refractivity contribution in [2.75, 3.05) is 19.6 Å². The topological polar surface area (TPSA) is 15.3 Å². The first kappa shape index (κ1) is 14.0. The van der Waals surface area contributed by atoms with Crippen molar-refractivity contribution in [3.8, 4) is 0 Å². The summed E-state index contributed by atoms with van der Waals surface area (Å²) in [6.07, 6.45) is 2.64. The van der Waals surface area contributed by atoms with Gasteiger partial charge in [0.2, 0.25) is 0 Å². The van der Waals surface area contributed by atoms with E-state index in [4.69, 9.17) is 0 Å². The molecule has 1 saturated heterocycles. The molecule has 1 atom stereocenters. The Labute approximate surface area is 117 Å². The van der Waals surface area contributed by atoms with Crippen molar-refractivity contribution in [2.24, 2.45) is 0 Å². The van der Waals surface area contributed by atoms with E-state index in [9.17, 15) is 4.39 Å². The zero-order valence-electron chi connectivity index (χ0n) is 10.8. The Morgan fingerprint density at radius 3 is 2.83 bits per heavy atom. The molecule has 0 radical (unpaired) electrons. The van der Waals surface area contributed by atoms with Crippen LogP contribution in [0.3, 0.4) is 0 Å². The van der Waals surface area contributed by atoms with E-state index in [1.165, 1.54) is 32.0 Å². The van der Waals surface area contributed by atoms with Gasteiger partial charge in [0.25, 0.3) is 0 Å². The van der Waals surface area contributed by atoms with E-state index in [2.05, 4.69) is 33.1 Å². The lowest BCUT2D eigenvalue weighted by Crippen LogP contribution is -2.37. The molecule has 100 valence electrons. The number of hydrogen-bond acceptors (Lipinski definition) is 2. The molecule has 0 spiro atoms. The summed E-state index contributed by atoms with van der Waals surface area (Å²) < 4.78 is 13.9. The Morgan fingerprint density at radius 2 is 2.11 bits per heavy atom. The average Bonchev–Trinajstić information content (AvgIpc) is 2.84. The van der Waals surface area contributed by atoms with Crippen molar-refractivity contribution >= 4 is 15.9 Å². The fourth-order valence-corrected chi connectivity index (χ4v) is 2.79. The minimum atomic E-state index is -0.193. The van der Waals surface area contributed by atoms with Gasteiger partial charge in [0.15, 0.2) is 0 Å². The number of rotatable bonds is 5. The molecule has 1 aromatic rings. The highest BCUT2D eigenvalue weighted by Gasteiger charge is 2.14. The predicted molar refractivity (Wildman–Crippen MR) is 76.1 cm³/mol. The van der Waals surface area contributed by atoms with Gasteiger partial charge in [-0.3, -0.25) is 0 Å². The Kier molecular flexibility index (Phi) is 5.15. The Bertz CT molecular complexity index is 391. The zero-order valence-corrected chi connectivity index (χ0v) is 12.3. The summed E-state index contributed by atoms with van der Waals surface area (Å²) in [6, 6.07) is 5.60. The minimum absolute atomic E-state index is 0.193. The maximum atomic E-state index is 13.3. The van der Waals surface area contributed by atoms with Gasteiger partial charge in [0.1, 0.15) is 5.82 Å². The molecule has 1 unspecified atom stereocenters. The summed E-state index contributed by atoms with van der Waals surface area (Å²) in [4.78, 5) is 2.48. The van der Waals surface area contributed by atoms with E-state index in [-0.39, 0.29) is 5.82 Å². The lowest BCUT2D eigenvalue weighted by molar-refractivity contribution is 0.298. The van der Waals surface area contributed by atoms with E-state index in [1.54, 1.807) is 6.07 Å². The van der Waals surface area contributed by atoms with Crippen LogP contribution in [0.25, 0.3) is 0 Å². The molecule has 0 amide bonds. The fourth-order valence-electron chi connectivity index (χ4n) is 2.39. The van der Waals surface area contributed by atoms with Crippen molar-refractivity contribution in [3.63, 3.8) is 0 Å². The van der Waals surface area contributed by atoms with Gasteiger partial charge >= 0.3 is 0 Å². The second kappa shape index (κ2) is 6.64. The van der Waals surface area contributed by atoms with Crippen LogP contribution in [-0.4, -0.2) is 30.6 Å². The Hall–Kier alpha value is -0.450. The first-order chi connectivity index (χ1) is 8.66. The molecule has 2 rings (SSSR count). The summed E-state index contributed by atoms with van der Waals surface area (Å²) in [5, 5.41) is 3.46. The van der Waals surface area contributed by atoms with Crippen LogP contribution in [0.4, 0.5) is 4.39 Å². The molecular weight excluding hydrogens is 295 g/mol. The number of nitrogens with one attached hydrogen (secondary N) is 1. The summed E-state index contributed by atoms with van der Waals surface area (Å²) in [5.41, 5.74) is 0.975. The highest BCUT2D eigenvalue weighted by molar-refractivity contribution is 9.10. The van der Waals surface area contributed by atoms with E-state index >= 15 is 0 Å². The van der Waals surface area contributed by atoms with Crippen LogP contribution in [0, 0.1) is 5.82 Å². The maximum absolute atomic E-state index is 13.3. The van der Waals surface area contributed by atoms with Gasteiger partial charge in [-0.1, -0.05) is 12.1 Å². The second-order valence-electron chi connectivity index (χ2n) is 5.00. The van der Waals surface area contributed by atoms with Crippen molar-refractivity contribution in [1.82, 2.24) is 10.2 Å². The molecule has 0 saturated carbocycles. The SMILES string of the molecule is CC(CN1CCCC1)NCc1cccc(F)c1Br. The fraction of sp³-hybridized carbons (Fsp3) is 0.571. The first-order valence-electron chi connectivity index (χ1n) is 6.55. The molecule has 18 heavy (non-hydrogen) atoms. The summed E-state index contributed by atoms with van der Waals surface area (Å²) in [7, 11) is 0. The number of halogens is 2. The summed E-state index contributed by atoms with van der Waals surface area (Å²) in [6.45, 7) is 6.40. The van der Waals surface area contributed by atoms with Crippen LogP contribution in [0.15, 0.2) is 22.7 Å². The molecule has 1 heterocycles. The van der Waals surface area contributed by atoms with Crippen LogP contribution in [0.2, 0.25) is 0 Å². The third-order valence-electron chi connectivity index (χ3n) is 3.40. The molecule has 1 aliphatic heterocycles. The van der Waals surface area contributed by atoms with E-state index in [1.807, 2.05) is 6.07 Å². The third kappa shape index (κ3) is 3.77. The van der Waals surface area contributed by atoms with Crippen LogP contribution in [0.5, 0.6) is 0 Å². The van der Waals surface area contributed by atoms with Gasteiger partial charge in [-0.05, 0) is 60.4 Å². The zero-order chi connectivity index (χ0) is 13.0. The lowest BCUT2D eigenvalue weighted by Gasteiger charge is -2.21. The third-order valence-corrected chi connectivity index (χ3v) is 4.29. The maximum Gasteiger partial charge on any atom is 0.137 e. The Morgan fingerprint density at radius 1 is 1.39 bits per heavy atom. The molecule has 1 aromatic carbocycles. The molecule has 1 aliphatic rings. The van der Waals surface area contributed by atoms with Gasteiger partial charge in [0, 0.05) is 19.1 Å². The van der Waals surface area contributed by atoms with E-state index in [0.29, 0.717) is 17.1 Å². The van der Waals surface area contributed by atoms with Gasteiger partial charge in [0.05, 0.1) is 4.47 Å². The summed E-state index contributed by atoms with van der Waals surface area (Å²) in [5.74, 6) is -0.193. The van der Waals surface area contributed by atoms with Gasteiger partial charge < -0.3 is 10.2 Å². The predicted octanol–water partition coefficient (Wildman–Crippen LogP) is 3.16. The molecule has 0 aliphatic carbocycles. The highest BCUT2D eigenvalue weighted by Crippen LogP contribution is 2.20. The first-order valence-corrected chi connectivity index (χ1v) is 7.35. The van der Waals surface area contributed by atoms with Gasteiger partial charge in [-0.15, -0.1) is 0 Å². The Balaban J connectivity index is 1.81. The van der Waals surface area contributed by atoms with Crippen LogP contribution in [0.1, 0.15) is 25.3 Å². The normalized spacial score (nSPS) is 18.2. The molecule has 2 nitrogen and oxygen atoms in total. The van der Waals surface area contributed by atoms with Gasteiger partial charge in [-0.2, -0.15) is 0 Å². The van der Waals surface area contributed by atoms with Crippen LogP contribution < -0.4 is 5.32 Å². The number of likely N-dealkylation sites (tertiary alicyclic amines) is 1. The van der Waals surface area contributed by atoms with Crippen molar-refractivity contribution in [2.45, 2.75) is 32.4 Å². The van der Waals surface area contributed by atoms with Crippen molar-refractivity contribution in [3.05, 3.63) is 34.1 Å². The standard InChI is InChI=1S/C14H20BrFN2/c1-11(10-18-7-2-3-8-18)17-9-12-5-4-6-13(16)14(12)15/h4-6,11,17H,2-3,7-10H2,1H3. The number of hydrogen-bond donors (Lipinski definition) is 1. The van der Waals surface area contributed by atoms with Gasteiger partial charge in [-0.25, -0.2) is 4.39 Å². The lowest BCUT2D eigenvalue weighted by atomic mass is 10.2. The number of nitrogens with zero attached hydrogens (tertiary/aromatic N) is 1. The monoisotopic (exact) mass is 314 g/mol. The molecule has 0 aromatic heterocycles. The molecule has 0 bridgehead atoms. The van der Waals surface area contributed by atoms with Crippen LogP contribution >= 0.6 is 15.9 Å². The number of benzene rings is 1. The molecular formula is C14H20BrFN2. The largest absolute Gasteiger partial charge is 0.309 e. The molecule has 4 heteroatoms. The van der Waals surface area contributed by atoms with E-state index < -0.39 is 0 Å². The molecule has 1 N–H and O–H groups in total. The average molecular weight is 315 g/mol.